The van der Waals surface area contributed by atoms with Crippen LogP contribution in [0.4, 0.5) is 5.95 Å². The largest absolute Gasteiger partial charge is 0.497 e. The summed E-state index contributed by atoms with van der Waals surface area (Å²) in [6.07, 6.45) is 0.908. The third kappa shape index (κ3) is 4.36. The zero-order chi connectivity index (χ0) is 13.5. The quantitative estimate of drug-likeness (QED) is 0.595. The molecule has 0 aliphatic rings. The van der Waals surface area contributed by atoms with Crippen LogP contribution in [0.15, 0.2) is 29.4 Å². The van der Waals surface area contributed by atoms with Crippen molar-refractivity contribution in [1.29, 1.82) is 0 Å². The van der Waals surface area contributed by atoms with Gasteiger partial charge in [0.25, 0.3) is 0 Å². The first-order valence-corrected chi connectivity index (χ1v) is 6.84. The van der Waals surface area contributed by atoms with Crippen molar-refractivity contribution in [3.8, 4) is 11.5 Å². The van der Waals surface area contributed by atoms with Crippen LogP contribution >= 0.6 is 11.8 Å². The van der Waals surface area contributed by atoms with Crippen LogP contribution in [0.25, 0.3) is 0 Å². The van der Waals surface area contributed by atoms with Crippen LogP contribution in [0.1, 0.15) is 6.42 Å². The fraction of sp³-hybridized carbons (Fsp3) is 0.333. The number of nitrogens with one attached hydrogen (secondary N) is 1. The molecule has 0 unspecified atom stereocenters. The molecule has 1 heterocycles. The number of methoxy groups -OCH3 is 1. The zero-order valence-corrected chi connectivity index (χ0v) is 11.4. The summed E-state index contributed by atoms with van der Waals surface area (Å²) in [4.78, 5) is 4.00. The summed E-state index contributed by atoms with van der Waals surface area (Å²) >= 11 is 1.55. The molecule has 0 amide bonds. The van der Waals surface area contributed by atoms with Gasteiger partial charge in [-0.2, -0.15) is 4.98 Å². The fourth-order valence-electron chi connectivity index (χ4n) is 1.41. The average Bonchev–Trinajstić information content (AvgIpc) is 2.85. The van der Waals surface area contributed by atoms with E-state index in [4.69, 9.17) is 15.2 Å². The molecule has 19 heavy (non-hydrogen) atoms. The fourth-order valence-corrected chi connectivity index (χ4v) is 2.12. The minimum absolute atomic E-state index is 0.344. The van der Waals surface area contributed by atoms with Crippen molar-refractivity contribution in [1.82, 2.24) is 15.2 Å². The summed E-state index contributed by atoms with van der Waals surface area (Å²) in [6.45, 7) is 0.652. The van der Waals surface area contributed by atoms with Crippen LogP contribution < -0.4 is 15.2 Å². The van der Waals surface area contributed by atoms with Crippen molar-refractivity contribution in [2.45, 2.75) is 11.6 Å². The van der Waals surface area contributed by atoms with Gasteiger partial charge in [0.05, 0.1) is 13.7 Å². The minimum atomic E-state index is 0.344. The highest BCUT2D eigenvalue weighted by Gasteiger charge is 2.01. The molecule has 1 aromatic heterocycles. The number of anilines is 1. The molecule has 7 heteroatoms. The number of nitrogens with two attached hydrogens (primary N) is 1. The molecule has 2 rings (SSSR count). The molecule has 2 aromatic rings. The standard InChI is InChI=1S/C12H16N4O2S/c1-17-9-3-5-10(6-4-9)18-7-2-8-19-12-14-11(13)15-16-12/h3-6H,2,7-8H2,1H3,(H3,13,14,15,16). The van der Waals surface area contributed by atoms with Gasteiger partial charge in [0, 0.05) is 5.75 Å². The lowest BCUT2D eigenvalue weighted by molar-refractivity contribution is 0.318. The van der Waals surface area contributed by atoms with E-state index < -0.39 is 0 Å². The average molecular weight is 280 g/mol. The van der Waals surface area contributed by atoms with Crippen molar-refractivity contribution < 1.29 is 9.47 Å². The number of hydrogen-bond donors (Lipinski definition) is 2. The van der Waals surface area contributed by atoms with Gasteiger partial charge in [-0.3, -0.25) is 0 Å². The molecule has 0 bridgehead atoms. The number of thioether (sulfide) groups is 1. The molecule has 6 nitrogen and oxygen atoms in total. The molecular formula is C12H16N4O2S. The molecule has 3 N–H and O–H groups in total. The van der Waals surface area contributed by atoms with Crippen LogP contribution in [-0.4, -0.2) is 34.7 Å². The molecular weight excluding hydrogens is 264 g/mol. The van der Waals surface area contributed by atoms with E-state index in [9.17, 15) is 0 Å². The Balaban J connectivity index is 1.63. The van der Waals surface area contributed by atoms with Crippen LogP contribution in [0.5, 0.6) is 11.5 Å². The molecule has 0 aliphatic heterocycles. The second-order valence-corrected chi connectivity index (χ2v) is 4.79. The van der Waals surface area contributed by atoms with Gasteiger partial charge in [0.2, 0.25) is 11.1 Å². The van der Waals surface area contributed by atoms with Crippen molar-refractivity contribution in [2.24, 2.45) is 0 Å². The molecule has 102 valence electrons. The van der Waals surface area contributed by atoms with E-state index in [1.165, 1.54) is 0 Å². The molecule has 0 aliphatic carbocycles. The Morgan fingerprint density at radius 3 is 2.63 bits per heavy atom. The normalized spacial score (nSPS) is 10.4. The van der Waals surface area contributed by atoms with Crippen molar-refractivity contribution in [2.75, 3.05) is 25.2 Å². The van der Waals surface area contributed by atoms with E-state index in [0.29, 0.717) is 17.7 Å². The molecule has 0 spiro atoms. The lowest BCUT2D eigenvalue weighted by Crippen LogP contribution is -1.98. The summed E-state index contributed by atoms with van der Waals surface area (Å²) in [7, 11) is 1.64. The number of aromatic nitrogens is 3. The van der Waals surface area contributed by atoms with E-state index in [0.717, 1.165) is 23.7 Å². The van der Waals surface area contributed by atoms with Gasteiger partial charge in [0.1, 0.15) is 11.5 Å². The number of rotatable bonds is 7. The van der Waals surface area contributed by atoms with Crippen LogP contribution in [0, 0.1) is 0 Å². The van der Waals surface area contributed by atoms with Gasteiger partial charge in [-0.25, -0.2) is 5.10 Å². The lowest BCUT2D eigenvalue weighted by Gasteiger charge is -2.06. The van der Waals surface area contributed by atoms with Crippen molar-refractivity contribution in [3.05, 3.63) is 24.3 Å². The highest BCUT2D eigenvalue weighted by atomic mass is 32.2. The zero-order valence-electron chi connectivity index (χ0n) is 10.6. The van der Waals surface area contributed by atoms with Gasteiger partial charge < -0.3 is 15.2 Å². The second-order valence-electron chi connectivity index (χ2n) is 3.73. The molecule has 0 atom stereocenters. The Hall–Kier alpha value is -1.89. The number of hydrogen-bond acceptors (Lipinski definition) is 6. The number of ether oxygens (including phenoxy) is 2. The van der Waals surface area contributed by atoms with Gasteiger partial charge in [-0.05, 0) is 30.7 Å². The number of nitrogens with zero attached hydrogens (tertiary/aromatic N) is 2. The number of benzene rings is 1. The van der Waals surface area contributed by atoms with E-state index >= 15 is 0 Å². The maximum Gasteiger partial charge on any atom is 0.216 e. The van der Waals surface area contributed by atoms with Gasteiger partial charge in [-0.1, -0.05) is 11.8 Å². The summed E-state index contributed by atoms with van der Waals surface area (Å²) in [6, 6.07) is 7.53. The molecule has 0 fully saturated rings. The number of H-pyrrole nitrogens is 1. The van der Waals surface area contributed by atoms with Crippen LogP contribution in [0.2, 0.25) is 0 Å². The molecule has 0 saturated carbocycles. The van der Waals surface area contributed by atoms with Crippen LogP contribution in [-0.2, 0) is 0 Å². The SMILES string of the molecule is COc1ccc(OCCCSc2n[nH]c(N)n2)cc1. The van der Waals surface area contributed by atoms with Crippen molar-refractivity contribution in [3.63, 3.8) is 0 Å². The maximum atomic E-state index is 5.61. The summed E-state index contributed by atoms with van der Waals surface area (Å²) in [5, 5.41) is 7.21. The third-order valence-corrected chi connectivity index (χ3v) is 3.26. The topological polar surface area (TPSA) is 86.0 Å². The molecule has 1 aromatic carbocycles. The first-order valence-electron chi connectivity index (χ1n) is 5.85. The Morgan fingerprint density at radius 1 is 1.26 bits per heavy atom. The predicted molar refractivity (Wildman–Crippen MR) is 74.6 cm³/mol. The smallest absolute Gasteiger partial charge is 0.216 e. The van der Waals surface area contributed by atoms with Crippen LogP contribution in [0.3, 0.4) is 0 Å². The molecule has 0 radical (unpaired) electrons. The lowest BCUT2D eigenvalue weighted by atomic mass is 10.3. The predicted octanol–water partition coefficient (Wildman–Crippen LogP) is 1.96. The Bertz CT molecular complexity index is 501. The van der Waals surface area contributed by atoms with Crippen molar-refractivity contribution >= 4 is 17.7 Å². The van der Waals surface area contributed by atoms with Gasteiger partial charge in [0.15, 0.2) is 0 Å². The summed E-state index contributed by atoms with van der Waals surface area (Å²) in [5.74, 6) is 2.89. The van der Waals surface area contributed by atoms with E-state index in [1.54, 1.807) is 18.9 Å². The minimum Gasteiger partial charge on any atom is -0.497 e. The van der Waals surface area contributed by atoms with E-state index in [2.05, 4.69) is 15.2 Å². The van der Waals surface area contributed by atoms with Gasteiger partial charge in [-0.15, -0.1) is 5.10 Å². The Labute approximate surface area is 115 Å². The Kier molecular flexibility index (Phi) is 4.91. The van der Waals surface area contributed by atoms with E-state index in [-0.39, 0.29) is 0 Å². The molecule has 0 saturated heterocycles. The highest BCUT2D eigenvalue weighted by molar-refractivity contribution is 7.99. The third-order valence-electron chi connectivity index (χ3n) is 2.33. The highest BCUT2D eigenvalue weighted by Crippen LogP contribution is 2.18. The monoisotopic (exact) mass is 280 g/mol. The first kappa shape index (κ1) is 13.5. The number of aromatic amines is 1. The maximum absolute atomic E-state index is 5.61. The van der Waals surface area contributed by atoms with E-state index in [1.807, 2.05) is 24.3 Å². The second kappa shape index (κ2) is 6.89. The summed E-state index contributed by atoms with van der Waals surface area (Å²) < 4.78 is 10.7. The van der Waals surface area contributed by atoms with Gasteiger partial charge >= 0.3 is 0 Å². The number of nitrogen functional groups attached to an aromatic ring is 1. The first-order chi connectivity index (χ1) is 9.28. The summed E-state index contributed by atoms with van der Waals surface area (Å²) in [5.41, 5.74) is 5.43. The Morgan fingerprint density at radius 2 is 2.00 bits per heavy atom.